The first kappa shape index (κ1) is 33.0. The van der Waals surface area contributed by atoms with Crippen LogP contribution in [0.25, 0.3) is 28.1 Å². The van der Waals surface area contributed by atoms with E-state index < -0.39 is 56.2 Å². The summed E-state index contributed by atoms with van der Waals surface area (Å²) in [6.45, 7) is 0.978. The fourth-order valence-electron chi connectivity index (χ4n) is 5.58. The summed E-state index contributed by atoms with van der Waals surface area (Å²) in [5.41, 5.74) is 6.21. The van der Waals surface area contributed by atoms with Gasteiger partial charge in [0.1, 0.15) is 17.1 Å². The van der Waals surface area contributed by atoms with E-state index in [0.29, 0.717) is 5.56 Å². The molecular formula is C31H28F5N5O6S. The molecule has 11 nitrogen and oxygen atoms in total. The van der Waals surface area contributed by atoms with Gasteiger partial charge in [0.25, 0.3) is 0 Å². The van der Waals surface area contributed by atoms with E-state index in [1.54, 1.807) is 0 Å². The normalized spacial score (nSPS) is 15.6. The van der Waals surface area contributed by atoms with E-state index in [9.17, 15) is 27.4 Å². The summed E-state index contributed by atoms with van der Waals surface area (Å²) in [5.74, 6) is -5.45. The molecule has 5 N–H and O–H groups in total. The summed E-state index contributed by atoms with van der Waals surface area (Å²) in [7, 11) is -2.58. The van der Waals surface area contributed by atoms with Crippen molar-refractivity contribution < 1.29 is 50.1 Å². The van der Waals surface area contributed by atoms with Crippen LogP contribution in [0.2, 0.25) is 0 Å². The average Bonchev–Trinajstić information content (AvgIpc) is 3.50. The Morgan fingerprint density at radius 3 is 2.40 bits per heavy atom. The van der Waals surface area contributed by atoms with Crippen molar-refractivity contribution in [2.75, 3.05) is 16.7 Å². The van der Waals surface area contributed by atoms with Crippen molar-refractivity contribution >= 4 is 26.9 Å². The molecule has 6 rings (SSSR count). The number of fused-ring (bicyclic) bond motifs is 4. The molecule has 0 spiro atoms. The number of benzene rings is 3. The van der Waals surface area contributed by atoms with Crippen LogP contribution in [-0.2, 0) is 29.4 Å². The number of nitrogens with two attached hydrogens (primary N) is 1. The molecule has 3 aromatic carbocycles. The molecule has 0 atom stereocenters. The molecule has 2 aliphatic rings. The van der Waals surface area contributed by atoms with Crippen LogP contribution in [0.5, 0.6) is 11.5 Å². The van der Waals surface area contributed by atoms with Gasteiger partial charge >= 0.3 is 12.2 Å². The number of aliphatic hydroxyl groups is 2. The predicted molar refractivity (Wildman–Crippen MR) is 164 cm³/mol. The van der Waals surface area contributed by atoms with Gasteiger partial charge in [0.15, 0.2) is 27.0 Å². The smallest absolute Gasteiger partial charge is 0.403 e. The molecule has 0 amide bonds. The van der Waals surface area contributed by atoms with Crippen molar-refractivity contribution in [1.82, 2.24) is 9.78 Å². The molecule has 48 heavy (non-hydrogen) atoms. The molecule has 2 aliphatic heterocycles. The molecule has 0 saturated heterocycles. The Morgan fingerprint density at radius 1 is 1.08 bits per heavy atom. The quantitative estimate of drug-likeness (QED) is 0.193. The van der Waals surface area contributed by atoms with Crippen molar-refractivity contribution in [3.63, 3.8) is 0 Å². The molecule has 4 aromatic rings. The Bertz CT molecular complexity index is 2130. The summed E-state index contributed by atoms with van der Waals surface area (Å²) in [6, 6.07) is 10.5. The van der Waals surface area contributed by atoms with E-state index in [2.05, 4.69) is 20.0 Å². The third-order valence-corrected chi connectivity index (χ3v) is 9.13. The molecular weight excluding hydrogens is 665 g/mol. The van der Waals surface area contributed by atoms with E-state index >= 15 is 13.2 Å². The van der Waals surface area contributed by atoms with Crippen LogP contribution in [0.3, 0.4) is 0 Å². The highest BCUT2D eigenvalue weighted by Gasteiger charge is 2.52. The molecule has 3 heterocycles. The number of hydrazine groups is 1. The highest BCUT2D eigenvalue weighted by molar-refractivity contribution is 7.90. The number of nitrogens with one attached hydrogen (secondary N) is 1. The van der Waals surface area contributed by atoms with Crippen LogP contribution in [0.4, 0.5) is 33.3 Å². The number of anilines is 2. The Kier molecular flexibility index (Phi) is 7.45. The number of aliphatic hydroxyl groups excluding tert-OH is 1. The third-order valence-electron chi connectivity index (χ3n) is 7.97. The minimum atomic E-state index is -3.99. The Labute approximate surface area is 270 Å². The lowest BCUT2D eigenvalue weighted by Crippen LogP contribution is -2.42. The molecule has 0 aliphatic carbocycles. The zero-order chi connectivity index (χ0) is 35.1. The maximum absolute atomic E-state index is 15.7. The second-order valence-electron chi connectivity index (χ2n) is 11.8. The Hall–Kier alpha value is -4.87. The summed E-state index contributed by atoms with van der Waals surface area (Å²) < 4.78 is 109. The first-order valence-electron chi connectivity index (χ1n) is 14.1. The van der Waals surface area contributed by atoms with Crippen LogP contribution in [0.1, 0.15) is 30.7 Å². The number of aromatic nitrogens is 2. The van der Waals surface area contributed by atoms with Crippen molar-refractivity contribution in [2.45, 2.75) is 43.2 Å². The second-order valence-corrected chi connectivity index (χ2v) is 13.7. The Balaban J connectivity index is 1.58. The average molecular weight is 694 g/mol. The number of ether oxygens (including phenoxy) is 2. The van der Waals surface area contributed by atoms with E-state index in [4.69, 9.17) is 5.73 Å². The van der Waals surface area contributed by atoms with Crippen LogP contribution in [0, 0.1) is 5.82 Å². The monoisotopic (exact) mass is 693 g/mol. The third kappa shape index (κ3) is 5.27. The fraction of sp³-hybridized carbons (Fsp3) is 0.258. The highest BCUT2D eigenvalue weighted by Crippen LogP contribution is 2.51. The molecule has 0 saturated carbocycles. The number of nitrogens with zero attached hydrogens (tertiary/aromatic N) is 3. The maximum atomic E-state index is 15.7. The van der Waals surface area contributed by atoms with Gasteiger partial charge in [0, 0.05) is 36.2 Å². The van der Waals surface area contributed by atoms with E-state index in [-0.39, 0.29) is 51.0 Å². The largest absolute Gasteiger partial charge is 0.586 e. The van der Waals surface area contributed by atoms with Gasteiger partial charge in [-0.3, -0.25) is 15.1 Å². The lowest BCUT2D eigenvalue weighted by Gasteiger charge is -2.36. The van der Waals surface area contributed by atoms with E-state index in [0.717, 1.165) is 32.4 Å². The number of sulfone groups is 1. The summed E-state index contributed by atoms with van der Waals surface area (Å²) in [4.78, 5) is -0.431. The minimum Gasteiger partial charge on any atom is -0.403 e. The van der Waals surface area contributed by atoms with Gasteiger partial charge < -0.3 is 25.4 Å². The van der Waals surface area contributed by atoms with Crippen molar-refractivity contribution in [1.29, 1.82) is 0 Å². The standard InChI is InChI=1S/C31H28F5N5O6S/c1-29(2,43)30(33,34)28-26-27(40(3)39-28)18-7-5-15(17-9-20(32)19(14-42)25(12-17)48(4,44)45)10-21(18)41(38-26)22(13-37)16-6-8-23-24(11-16)47-31(35,36)46-23/h5-13,38,42-43H,14,37H2,1-4H3/b22-13-. The van der Waals surface area contributed by atoms with Gasteiger partial charge in [-0.1, -0.05) is 6.07 Å². The van der Waals surface area contributed by atoms with Gasteiger partial charge in [-0.15, -0.1) is 8.78 Å². The topological polar surface area (TPSA) is 152 Å². The molecule has 0 bridgehead atoms. The molecule has 17 heteroatoms. The van der Waals surface area contributed by atoms with E-state index in [1.807, 2.05) is 0 Å². The first-order chi connectivity index (χ1) is 22.3. The SMILES string of the molecule is Cn1nc(C(F)(F)C(C)(C)O)c2c1-c1ccc(-c3cc(F)c(CO)c(S(C)(=O)=O)c3)cc1N(/C(=C\N)c1ccc3c(c1)OC(F)(F)O3)N2. The van der Waals surface area contributed by atoms with Crippen molar-refractivity contribution in [3.8, 4) is 33.9 Å². The van der Waals surface area contributed by atoms with Crippen LogP contribution < -0.4 is 25.6 Å². The van der Waals surface area contributed by atoms with Crippen LogP contribution in [-0.4, -0.2) is 46.6 Å². The first-order valence-corrected chi connectivity index (χ1v) is 16.0. The molecule has 254 valence electrons. The minimum absolute atomic E-state index is 0.0423. The Morgan fingerprint density at radius 2 is 1.77 bits per heavy atom. The van der Waals surface area contributed by atoms with Crippen molar-refractivity contribution in [2.24, 2.45) is 12.8 Å². The maximum Gasteiger partial charge on any atom is 0.586 e. The lowest BCUT2D eigenvalue weighted by atomic mass is 9.93. The van der Waals surface area contributed by atoms with Gasteiger partial charge in [-0.2, -0.15) is 13.9 Å². The van der Waals surface area contributed by atoms with Gasteiger partial charge in [-0.25, -0.2) is 12.8 Å². The highest BCUT2D eigenvalue weighted by atomic mass is 32.2. The number of hydrogen-bond donors (Lipinski definition) is 4. The number of aryl methyl sites for hydroxylation is 1. The molecule has 0 unspecified atom stereocenters. The zero-order valence-corrected chi connectivity index (χ0v) is 26.5. The van der Waals surface area contributed by atoms with Crippen LogP contribution >= 0.6 is 0 Å². The fourth-order valence-corrected chi connectivity index (χ4v) is 6.53. The van der Waals surface area contributed by atoms with E-state index in [1.165, 1.54) is 59.2 Å². The predicted octanol–water partition coefficient (Wildman–Crippen LogP) is 5.08. The number of rotatable bonds is 7. The molecule has 0 fully saturated rings. The van der Waals surface area contributed by atoms with Gasteiger partial charge in [-0.05, 0) is 67.4 Å². The van der Waals surface area contributed by atoms with Gasteiger partial charge in [0.2, 0.25) is 0 Å². The lowest BCUT2D eigenvalue weighted by molar-refractivity contribution is -0.286. The summed E-state index contributed by atoms with van der Waals surface area (Å²) in [6.07, 6.45) is -1.98. The summed E-state index contributed by atoms with van der Waals surface area (Å²) in [5, 5.41) is 25.3. The zero-order valence-electron chi connectivity index (χ0n) is 25.6. The molecule has 1 aromatic heterocycles. The van der Waals surface area contributed by atoms with Gasteiger partial charge in [0.05, 0.1) is 28.6 Å². The number of alkyl halides is 4. The second kappa shape index (κ2) is 10.8. The number of halogens is 5. The summed E-state index contributed by atoms with van der Waals surface area (Å²) >= 11 is 0. The van der Waals surface area contributed by atoms with Crippen LogP contribution in [0.15, 0.2) is 59.6 Å². The number of hydrogen-bond acceptors (Lipinski definition) is 10. The van der Waals surface area contributed by atoms with Crippen molar-refractivity contribution in [3.05, 3.63) is 77.4 Å². The molecule has 0 radical (unpaired) electrons.